The summed E-state index contributed by atoms with van der Waals surface area (Å²) in [6.45, 7) is 5.33. The maximum atomic E-state index is 13.4. The molecule has 4 amide bonds. The molecule has 2 aromatic rings. The van der Waals surface area contributed by atoms with Gasteiger partial charge in [-0.25, -0.2) is 9.59 Å². The van der Waals surface area contributed by atoms with Gasteiger partial charge in [-0.2, -0.15) is 0 Å². The first kappa shape index (κ1) is 62.1. The van der Waals surface area contributed by atoms with E-state index in [-0.39, 0.29) is 36.0 Å². The normalized spacial score (nSPS) is 24.9. The number of unbranched alkanes of at least 4 members (excludes halogenated alkanes) is 2. The van der Waals surface area contributed by atoms with E-state index in [4.69, 9.17) is 42.1 Å². The standard InChI is InChI=1S/2C29H48ClN3O4/c2*1-31-20-26(18-22-11-13-27(37-3)14-12-22)32-28(34)33-16-7-9-24(21-33)29(35,15-4-5-17-36-2)23-8-6-10-25(30)19-23/h2*6,8,10,19,22,24,26-27,31,35H,4-5,7,9,11-18,20-21H2,1-3H3,(H,32,34)/t22?,24?,26-,27?,29+;22?,24-,26+,27?,29-/m01/s1. The summed E-state index contributed by atoms with van der Waals surface area (Å²) in [6, 6.07) is 15.3. The van der Waals surface area contributed by atoms with Gasteiger partial charge in [0.2, 0.25) is 0 Å². The fourth-order valence-electron chi connectivity index (χ4n) is 12.5. The monoisotopic (exact) mass is 1070 g/mol. The smallest absolute Gasteiger partial charge is 0.317 e. The topological polar surface area (TPSA) is 166 Å². The number of halogens is 2. The second-order valence-electron chi connectivity index (χ2n) is 22.0. The zero-order chi connectivity index (χ0) is 53.4. The zero-order valence-corrected chi connectivity index (χ0v) is 47.5. The van der Waals surface area contributed by atoms with Crippen molar-refractivity contribution in [3.05, 3.63) is 69.7 Å². The molecule has 0 spiro atoms. The Morgan fingerprint density at radius 3 is 1.34 bits per heavy atom. The Balaban J connectivity index is 0.000000274. The molecule has 2 saturated heterocycles. The number of methoxy groups -OCH3 is 4. The van der Waals surface area contributed by atoms with Crippen molar-refractivity contribution in [1.82, 2.24) is 31.1 Å². The van der Waals surface area contributed by atoms with E-state index in [1.54, 1.807) is 28.4 Å². The van der Waals surface area contributed by atoms with Gasteiger partial charge in [0.25, 0.3) is 0 Å². The van der Waals surface area contributed by atoms with Gasteiger partial charge in [-0.1, -0.05) is 47.5 Å². The third kappa shape index (κ3) is 19.3. The van der Waals surface area contributed by atoms with Crippen molar-refractivity contribution in [3.63, 3.8) is 0 Å². The van der Waals surface area contributed by atoms with Crippen molar-refractivity contribution in [1.29, 1.82) is 0 Å². The first-order valence-electron chi connectivity index (χ1n) is 28.2. The van der Waals surface area contributed by atoms with E-state index >= 15 is 0 Å². The summed E-state index contributed by atoms with van der Waals surface area (Å²) >= 11 is 12.6. The summed E-state index contributed by atoms with van der Waals surface area (Å²) in [5.41, 5.74) is -0.405. The molecular formula is C58H96Cl2N6O8. The Morgan fingerprint density at radius 2 is 1.00 bits per heavy atom. The lowest BCUT2D eigenvalue weighted by atomic mass is 9.74. The lowest BCUT2D eigenvalue weighted by Gasteiger charge is -2.43. The van der Waals surface area contributed by atoms with Gasteiger partial charge < -0.3 is 60.2 Å². The third-order valence-corrected chi connectivity index (χ3v) is 17.2. The molecule has 16 heteroatoms. The first-order valence-corrected chi connectivity index (χ1v) is 28.9. The number of benzene rings is 2. The van der Waals surface area contributed by atoms with Crippen LogP contribution in [0.2, 0.25) is 10.0 Å². The maximum Gasteiger partial charge on any atom is 0.317 e. The van der Waals surface area contributed by atoms with Crippen LogP contribution in [0.1, 0.15) is 140 Å². The molecule has 0 aromatic heterocycles. The number of hydrogen-bond donors (Lipinski definition) is 6. The minimum atomic E-state index is -1.04. The molecule has 2 heterocycles. The predicted molar refractivity (Wildman–Crippen MR) is 298 cm³/mol. The Morgan fingerprint density at radius 1 is 0.608 bits per heavy atom. The van der Waals surface area contributed by atoms with Crippen LogP contribution in [0.4, 0.5) is 9.59 Å². The van der Waals surface area contributed by atoms with E-state index in [2.05, 4.69) is 21.3 Å². The van der Waals surface area contributed by atoms with Crippen molar-refractivity contribution in [3.8, 4) is 0 Å². The third-order valence-electron chi connectivity index (χ3n) is 16.8. The molecule has 1 unspecified atom stereocenters. The fourth-order valence-corrected chi connectivity index (χ4v) is 12.9. The van der Waals surface area contributed by atoms with Crippen molar-refractivity contribution >= 4 is 35.3 Å². The highest BCUT2D eigenvalue weighted by atomic mass is 35.5. The number of piperidine rings is 2. The molecule has 2 aliphatic heterocycles. The summed E-state index contributed by atoms with van der Waals surface area (Å²) in [4.78, 5) is 30.7. The molecule has 14 nitrogen and oxygen atoms in total. The molecule has 4 fully saturated rings. The maximum absolute atomic E-state index is 13.4. The van der Waals surface area contributed by atoms with Gasteiger partial charge in [-0.05, 0) is 190 Å². The number of carbonyl (C=O) groups is 2. The van der Waals surface area contributed by atoms with Crippen LogP contribution in [0, 0.1) is 23.7 Å². The van der Waals surface area contributed by atoms with E-state index in [1.165, 1.54) is 0 Å². The summed E-state index contributed by atoms with van der Waals surface area (Å²) in [5.74, 6) is 1.11. The van der Waals surface area contributed by atoms with E-state index in [1.807, 2.05) is 72.4 Å². The molecule has 4 aliphatic rings. The van der Waals surface area contributed by atoms with Gasteiger partial charge in [-0.15, -0.1) is 0 Å². The highest BCUT2D eigenvalue weighted by Crippen LogP contribution is 2.42. The summed E-state index contributed by atoms with van der Waals surface area (Å²) < 4.78 is 21.5. The van der Waals surface area contributed by atoms with Crippen LogP contribution in [-0.4, -0.2) is 151 Å². The molecule has 6 N–H and O–H groups in total. The molecule has 0 radical (unpaired) electrons. The molecule has 2 aromatic carbocycles. The Hall–Kier alpha value is -2.76. The largest absolute Gasteiger partial charge is 0.385 e. The molecule has 0 bridgehead atoms. The number of rotatable bonds is 26. The number of carbonyl (C=O) groups excluding carboxylic acids is 2. The van der Waals surface area contributed by atoms with Crippen LogP contribution in [0.15, 0.2) is 48.5 Å². The summed E-state index contributed by atoms with van der Waals surface area (Å²) in [7, 11) is 10.9. The summed E-state index contributed by atoms with van der Waals surface area (Å²) in [5, 5.41) is 38.5. The Labute approximate surface area is 455 Å². The number of hydrogen-bond acceptors (Lipinski definition) is 10. The van der Waals surface area contributed by atoms with Crippen LogP contribution < -0.4 is 21.3 Å². The van der Waals surface area contributed by atoms with Gasteiger partial charge in [0.05, 0.1) is 23.4 Å². The molecule has 6 rings (SSSR count). The van der Waals surface area contributed by atoms with E-state index in [0.717, 1.165) is 140 Å². The zero-order valence-electron chi connectivity index (χ0n) is 46.0. The number of aliphatic hydroxyl groups is 2. The minimum Gasteiger partial charge on any atom is -0.385 e. The predicted octanol–water partition coefficient (Wildman–Crippen LogP) is 9.90. The molecule has 2 saturated carbocycles. The van der Waals surface area contributed by atoms with E-state index < -0.39 is 11.2 Å². The number of urea groups is 2. The van der Waals surface area contributed by atoms with Crippen molar-refractivity contribution in [2.24, 2.45) is 23.7 Å². The lowest BCUT2D eigenvalue weighted by molar-refractivity contribution is -0.0567. The fraction of sp³-hybridized carbons (Fsp3) is 0.759. The first-order chi connectivity index (χ1) is 35.8. The van der Waals surface area contributed by atoms with Crippen LogP contribution in [0.5, 0.6) is 0 Å². The van der Waals surface area contributed by atoms with E-state index in [9.17, 15) is 19.8 Å². The minimum absolute atomic E-state index is 0.0247. The molecule has 74 heavy (non-hydrogen) atoms. The number of nitrogens with zero attached hydrogens (tertiary/aromatic N) is 2. The van der Waals surface area contributed by atoms with Crippen LogP contribution in [-0.2, 0) is 30.1 Å². The number of ether oxygens (including phenoxy) is 4. The van der Waals surface area contributed by atoms with Crippen LogP contribution in [0.3, 0.4) is 0 Å². The molecule has 6 atom stereocenters. The van der Waals surface area contributed by atoms with Crippen molar-refractivity contribution in [2.45, 2.75) is 164 Å². The van der Waals surface area contributed by atoms with Crippen LogP contribution in [0.25, 0.3) is 0 Å². The van der Waals surface area contributed by atoms with Crippen molar-refractivity contribution < 1.29 is 38.7 Å². The van der Waals surface area contributed by atoms with Crippen LogP contribution >= 0.6 is 23.2 Å². The second kappa shape index (κ2) is 32.9. The summed E-state index contributed by atoms with van der Waals surface area (Å²) in [6.07, 6.45) is 19.9. The molecule has 2 aliphatic carbocycles. The quantitative estimate of drug-likeness (QED) is 0.0500. The number of likely N-dealkylation sites (N-methyl/N-ethyl adjacent to an activating group) is 2. The van der Waals surface area contributed by atoms with E-state index in [0.29, 0.717) is 86.3 Å². The molecular weight excluding hydrogens is 980 g/mol. The second-order valence-corrected chi connectivity index (χ2v) is 22.8. The SMILES string of the molecule is CNC[C@H](CC1CCC(OC)CC1)NC(=O)N1CCCC([C@@](O)(CCCCOC)c2cccc(Cl)c2)C1.CNC[C@H](CC1CCC(OC)CC1)NC(=O)N1CCC[C@@H]([C@@](O)(CCCCOC)c2cccc(Cl)c2)C1. The van der Waals surface area contributed by atoms with Gasteiger partial charge >= 0.3 is 12.1 Å². The molecule has 420 valence electrons. The highest BCUT2D eigenvalue weighted by molar-refractivity contribution is 6.30. The van der Waals surface area contributed by atoms with Gasteiger partial charge in [0, 0.05) is 115 Å². The number of likely N-dealkylation sites (tertiary alicyclic amines) is 2. The Bertz CT molecular complexity index is 1770. The average molecular weight is 1080 g/mol. The van der Waals surface area contributed by atoms with Crippen molar-refractivity contribution in [2.75, 3.05) is 95.0 Å². The number of amides is 4. The average Bonchev–Trinajstić information content (AvgIpc) is 3.41. The Kier molecular flexibility index (Phi) is 27.6. The van der Waals surface area contributed by atoms with Gasteiger partial charge in [-0.3, -0.25) is 0 Å². The highest BCUT2D eigenvalue weighted by Gasteiger charge is 2.43. The number of nitrogens with one attached hydrogen (secondary N) is 4. The van der Waals surface area contributed by atoms with Gasteiger partial charge in [0.1, 0.15) is 0 Å². The lowest BCUT2D eigenvalue weighted by Crippen LogP contribution is -2.54. The van der Waals surface area contributed by atoms with Gasteiger partial charge in [0.15, 0.2) is 0 Å².